The summed E-state index contributed by atoms with van der Waals surface area (Å²) in [5.41, 5.74) is 4.88. The largest absolute Gasteiger partial charge is 0.495 e. The molecule has 0 spiro atoms. The van der Waals surface area contributed by atoms with Crippen LogP contribution in [0, 0.1) is 20.8 Å². The minimum atomic E-state index is -4.00. The van der Waals surface area contributed by atoms with Gasteiger partial charge in [0, 0.05) is 6.92 Å². The van der Waals surface area contributed by atoms with E-state index in [4.69, 9.17) is 9.26 Å². The van der Waals surface area contributed by atoms with Crippen molar-refractivity contribution in [3.63, 3.8) is 0 Å². The van der Waals surface area contributed by atoms with E-state index in [1.54, 1.807) is 12.1 Å². The molecule has 0 atom stereocenters. The van der Waals surface area contributed by atoms with Gasteiger partial charge >= 0.3 is 0 Å². The third-order valence-electron chi connectivity index (χ3n) is 5.04. The van der Waals surface area contributed by atoms with E-state index in [0.29, 0.717) is 28.9 Å². The summed E-state index contributed by atoms with van der Waals surface area (Å²) in [7, 11) is -2.58. The van der Waals surface area contributed by atoms with E-state index in [0.717, 1.165) is 16.7 Å². The lowest BCUT2D eigenvalue weighted by Gasteiger charge is -2.17. The maximum absolute atomic E-state index is 13.4. The minimum absolute atomic E-state index is 0.0334. The van der Waals surface area contributed by atoms with Crippen molar-refractivity contribution >= 4 is 27.5 Å². The number of rotatable bonds is 7. The minimum Gasteiger partial charge on any atom is -0.495 e. The number of aryl methyl sites for hydroxylation is 4. The van der Waals surface area contributed by atoms with E-state index in [1.807, 2.05) is 39.8 Å². The number of hydrogen-bond acceptors (Lipinski definition) is 6. The van der Waals surface area contributed by atoms with E-state index in [9.17, 15) is 13.2 Å². The maximum atomic E-state index is 13.4. The molecule has 9 heteroatoms. The average molecular weight is 458 g/mol. The van der Waals surface area contributed by atoms with Gasteiger partial charge in [-0.15, -0.1) is 0 Å². The molecule has 0 aliphatic heterocycles. The Bertz CT molecular complexity index is 1260. The number of hydrogen-bond donors (Lipinski definition) is 2. The Labute approximate surface area is 188 Å². The molecule has 1 amide bonds. The molecule has 2 N–H and O–H groups in total. The third kappa shape index (κ3) is 4.62. The molecule has 170 valence electrons. The number of amides is 1. The van der Waals surface area contributed by atoms with Gasteiger partial charge in [-0.25, -0.2) is 8.42 Å². The second-order valence-electron chi connectivity index (χ2n) is 7.61. The first kappa shape index (κ1) is 23.3. The van der Waals surface area contributed by atoms with Gasteiger partial charge in [-0.05, 0) is 56.0 Å². The summed E-state index contributed by atoms with van der Waals surface area (Å²) in [6.45, 7) is 8.93. The molecule has 0 saturated heterocycles. The Kier molecular flexibility index (Phi) is 6.59. The predicted octanol–water partition coefficient (Wildman–Crippen LogP) is 4.60. The lowest BCUT2D eigenvalue weighted by molar-refractivity contribution is -0.114. The number of carbonyl (C=O) groups excluding carboxylic acids is 1. The van der Waals surface area contributed by atoms with Crippen molar-refractivity contribution in [2.24, 2.45) is 0 Å². The number of anilines is 2. The molecule has 0 aliphatic rings. The van der Waals surface area contributed by atoms with E-state index in [1.165, 1.54) is 20.1 Å². The van der Waals surface area contributed by atoms with Crippen LogP contribution in [0.15, 0.2) is 39.8 Å². The number of ether oxygens (including phenoxy) is 1. The van der Waals surface area contributed by atoms with Gasteiger partial charge in [0.1, 0.15) is 10.6 Å². The Hall–Kier alpha value is -3.33. The molecule has 0 fully saturated rings. The molecular weight excluding hydrogens is 430 g/mol. The number of benzene rings is 2. The summed E-state index contributed by atoms with van der Waals surface area (Å²) in [5, 5.41) is 6.62. The van der Waals surface area contributed by atoms with Crippen LogP contribution in [0.4, 0.5) is 11.6 Å². The van der Waals surface area contributed by atoms with E-state index in [-0.39, 0.29) is 22.4 Å². The van der Waals surface area contributed by atoms with Crippen molar-refractivity contribution in [3.05, 3.63) is 52.7 Å². The SMILES string of the molecule is CCc1noc(NC(C)=O)c1-c1ccc(OC)c(S(=O)(=O)Nc2c(C)cc(C)cc2C)c1. The maximum Gasteiger partial charge on any atom is 0.265 e. The van der Waals surface area contributed by atoms with Gasteiger partial charge in [-0.2, -0.15) is 0 Å². The third-order valence-corrected chi connectivity index (χ3v) is 6.41. The molecule has 1 heterocycles. The molecular formula is C23H27N3O5S. The summed E-state index contributed by atoms with van der Waals surface area (Å²) in [6.07, 6.45) is 0.534. The summed E-state index contributed by atoms with van der Waals surface area (Å²) in [6, 6.07) is 8.61. The Morgan fingerprint density at radius 3 is 2.34 bits per heavy atom. The van der Waals surface area contributed by atoms with E-state index < -0.39 is 10.0 Å². The fraction of sp³-hybridized carbons (Fsp3) is 0.304. The number of nitrogens with zero attached hydrogens (tertiary/aromatic N) is 1. The van der Waals surface area contributed by atoms with Crippen molar-refractivity contribution in [1.82, 2.24) is 5.16 Å². The van der Waals surface area contributed by atoms with Gasteiger partial charge < -0.3 is 9.26 Å². The Balaban J connectivity index is 2.14. The molecule has 3 aromatic rings. The zero-order chi connectivity index (χ0) is 23.6. The first-order chi connectivity index (χ1) is 15.1. The fourth-order valence-corrected chi connectivity index (χ4v) is 5.08. The number of aromatic nitrogens is 1. The van der Waals surface area contributed by atoms with Gasteiger partial charge in [0.2, 0.25) is 11.8 Å². The highest BCUT2D eigenvalue weighted by molar-refractivity contribution is 7.92. The molecule has 1 aromatic heterocycles. The van der Waals surface area contributed by atoms with Crippen LogP contribution in [0.2, 0.25) is 0 Å². The standard InChI is InChI=1S/C23H27N3O5S/c1-7-18-21(23(31-25-18)24-16(5)27)17-8-9-19(30-6)20(12-17)32(28,29)26-22-14(3)10-13(2)11-15(22)4/h8-12,26H,7H2,1-6H3,(H,24,27). The van der Waals surface area contributed by atoms with Gasteiger partial charge in [0.25, 0.3) is 10.0 Å². The smallest absolute Gasteiger partial charge is 0.265 e. The molecule has 0 saturated carbocycles. The van der Waals surface area contributed by atoms with Crippen LogP contribution in [-0.2, 0) is 21.2 Å². The van der Waals surface area contributed by atoms with Crippen molar-refractivity contribution in [3.8, 4) is 16.9 Å². The summed E-state index contributed by atoms with van der Waals surface area (Å²) in [4.78, 5) is 11.6. The first-order valence-electron chi connectivity index (χ1n) is 10.1. The Morgan fingerprint density at radius 1 is 1.12 bits per heavy atom. The second kappa shape index (κ2) is 9.04. The van der Waals surface area contributed by atoms with Crippen LogP contribution in [0.1, 0.15) is 36.2 Å². The molecule has 0 unspecified atom stereocenters. The van der Waals surface area contributed by atoms with Crippen LogP contribution in [0.3, 0.4) is 0 Å². The zero-order valence-electron chi connectivity index (χ0n) is 19.0. The van der Waals surface area contributed by atoms with Crippen molar-refractivity contribution < 1.29 is 22.5 Å². The second-order valence-corrected chi connectivity index (χ2v) is 9.26. The van der Waals surface area contributed by atoms with Gasteiger partial charge in [0.05, 0.1) is 24.1 Å². The molecule has 0 radical (unpaired) electrons. The number of carbonyl (C=O) groups is 1. The fourth-order valence-electron chi connectivity index (χ4n) is 3.68. The highest BCUT2D eigenvalue weighted by Gasteiger charge is 2.25. The molecule has 8 nitrogen and oxygen atoms in total. The first-order valence-corrected chi connectivity index (χ1v) is 11.6. The normalized spacial score (nSPS) is 11.3. The van der Waals surface area contributed by atoms with Crippen molar-refractivity contribution in [2.75, 3.05) is 17.1 Å². The number of nitrogens with one attached hydrogen (secondary N) is 2. The Morgan fingerprint density at radius 2 is 1.78 bits per heavy atom. The highest BCUT2D eigenvalue weighted by Crippen LogP contribution is 2.37. The van der Waals surface area contributed by atoms with Crippen LogP contribution in [0.5, 0.6) is 5.75 Å². The van der Waals surface area contributed by atoms with Crippen LogP contribution in [-0.4, -0.2) is 26.6 Å². The molecule has 2 aromatic carbocycles. The van der Waals surface area contributed by atoms with Crippen molar-refractivity contribution in [2.45, 2.75) is 45.9 Å². The summed E-state index contributed by atoms with van der Waals surface area (Å²) >= 11 is 0. The predicted molar refractivity (Wildman–Crippen MR) is 124 cm³/mol. The molecule has 32 heavy (non-hydrogen) atoms. The van der Waals surface area contributed by atoms with Crippen LogP contribution >= 0.6 is 0 Å². The van der Waals surface area contributed by atoms with Gasteiger partial charge in [-0.3, -0.25) is 14.8 Å². The molecule has 0 bridgehead atoms. The lowest BCUT2D eigenvalue weighted by atomic mass is 10.0. The van der Waals surface area contributed by atoms with Gasteiger partial charge in [-0.1, -0.05) is 35.8 Å². The van der Waals surface area contributed by atoms with E-state index in [2.05, 4.69) is 15.2 Å². The lowest BCUT2D eigenvalue weighted by Crippen LogP contribution is -2.16. The van der Waals surface area contributed by atoms with Crippen LogP contribution < -0.4 is 14.8 Å². The molecule has 3 rings (SSSR count). The molecule has 0 aliphatic carbocycles. The number of methoxy groups -OCH3 is 1. The van der Waals surface area contributed by atoms with Gasteiger partial charge in [0.15, 0.2) is 0 Å². The quantitative estimate of drug-likeness (QED) is 0.537. The van der Waals surface area contributed by atoms with E-state index >= 15 is 0 Å². The van der Waals surface area contributed by atoms with Crippen LogP contribution in [0.25, 0.3) is 11.1 Å². The summed E-state index contributed by atoms with van der Waals surface area (Å²) in [5.74, 6) is 0.0405. The summed E-state index contributed by atoms with van der Waals surface area (Å²) < 4.78 is 40.2. The number of sulfonamides is 1. The van der Waals surface area contributed by atoms with Crippen molar-refractivity contribution in [1.29, 1.82) is 0 Å². The average Bonchev–Trinajstić information content (AvgIpc) is 3.12. The highest BCUT2D eigenvalue weighted by atomic mass is 32.2. The monoisotopic (exact) mass is 457 g/mol. The topological polar surface area (TPSA) is 111 Å². The zero-order valence-corrected chi connectivity index (χ0v) is 19.8.